The van der Waals surface area contributed by atoms with E-state index in [0.717, 1.165) is 17.4 Å². The van der Waals surface area contributed by atoms with Crippen molar-refractivity contribution in [2.45, 2.75) is 20.8 Å². The average Bonchev–Trinajstić information content (AvgIpc) is 2.91. The molecule has 0 heterocycles. The summed E-state index contributed by atoms with van der Waals surface area (Å²) in [7, 11) is 0. The van der Waals surface area contributed by atoms with E-state index < -0.39 is 0 Å². The monoisotopic (exact) mass is 270 g/mol. The van der Waals surface area contributed by atoms with Crippen molar-refractivity contribution in [3.8, 4) is 0 Å². The van der Waals surface area contributed by atoms with Gasteiger partial charge in [-0.2, -0.15) is 18.2 Å². The normalized spacial score (nSPS) is 15.9. The number of hydrogen-bond acceptors (Lipinski definition) is 1. The van der Waals surface area contributed by atoms with Crippen molar-refractivity contribution in [1.82, 2.24) is 0 Å². The second-order valence-corrected chi connectivity index (χ2v) is 4.72. The quantitative estimate of drug-likeness (QED) is 0.403. The van der Waals surface area contributed by atoms with Gasteiger partial charge in [0.15, 0.2) is 0 Å². The molecule has 0 saturated carbocycles. The summed E-state index contributed by atoms with van der Waals surface area (Å²) in [6.07, 6.45) is 6.70. The summed E-state index contributed by atoms with van der Waals surface area (Å²) in [5.74, 6) is 0. The first kappa shape index (κ1) is 15.9. The van der Waals surface area contributed by atoms with Gasteiger partial charge in [0.2, 0.25) is 0 Å². The summed E-state index contributed by atoms with van der Waals surface area (Å²) in [6, 6.07) is 10.0. The van der Waals surface area contributed by atoms with Crippen molar-refractivity contribution in [1.29, 1.82) is 0 Å². The summed E-state index contributed by atoms with van der Waals surface area (Å²) in [5.41, 5.74) is 2.03. The molecule has 0 fully saturated rings. The van der Waals surface area contributed by atoms with E-state index in [1.165, 1.54) is 0 Å². The number of rotatable bonds is 0. The maximum absolute atomic E-state index is 10.5. The molecule has 0 radical (unpaired) electrons. The molecule has 0 aromatic heterocycles. The molecule has 92 valence electrons. The van der Waals surface area contributed by atoms with Crippen LogP contribution < -0.4 is 5.11 Å². The minimum Gasteiger partial charge on any atom is -0.877 e. The van der Waals surface area contributed by atoms with Gasteiger partial charge in [0.05, 0.1) is 0 Å². The van der Waals surface area contributed by atoms with Gasteiger partial charge in [0.1, 0.15) is 0 Å². The third kappa shape index (κ3) is 5.16. The van der Waals surface area contributed by atoms with Crippen molar-refractivity contribution in [2.75, 3.05) is 0 Å². The van der Waals surface area contributed by atoms with Gasteiger partial charge in [-0.3, -0.25) is 0 Å². The first-order valence-corrected chi connectivity index (χ1v) is 5.44. The van der Waals surface area contributed by atoms with Gasteiger partial charge in [-0.05, 0) is 16.6 Å². The van der Waals surface area contributed by atoms with E-state index in [-0.39, 0.29) is 22.5 Å². The molecule has 2 rings (SSSR count). The van der Waals surface area contributed by atoms with E-state index >= 15 is 0 Å². The van der Waals surface area contributed by atoms with Gasteiger partial charge in [-0.1, -0.05) is 39.0 Å². The van der Waals surface area contributed by atoms with Crippen LogP contribution in [0.15, 0.2) is 66.0 Å². The molecule has 0 atom stereocenters. The Bertz CT molecular complexity index is 372. The minimum absolute atomic E-state index is 0. The van der Waals surface area contributed by atoms with E-state index in [1.54, 1.807) is 0 Å². The van der Waals surface area contributed by atoms with Crippen LogP contribution in [0.1, 0.15) is 20.8 Å². The molecule has 1 aromatic carbocycles. The molecule has 1 nitrogen and oxygen atoms in total. The van der Waals surface area contributed by atoms with Crippen molar-refractivity contribution < 1.29 is 22.2 Å². The molecule has 1 aliphatic carbocycles. The topological polar surface area (TPSA) is 23.1 Å². The largest absolute Gasteiger partial charge is 2.00 e. The Morgan fingerprint density at radius 2 is 1.76 bits per heavy atom. The van der Waals surface area contributed by atoms with Gasteiger partial charge in [0, 0.05) is 0 Å². The van der Waals surface area contributed by atoms with Crippen molar-refractivity contribution >= 4 is 0 Å². The third-order valence-electron chi connectivity index (χ3n) is 2.34. The molecule has 0 amide bonds. The van der Waals surface area contributed by atoms with E-state index in [1.807, 2.05) is 48.6 Å². The van der Waals surface area contributed by atoms with Crippen LogP contribution in [0.2, 0.25) is 0 Å². The molecule has 0 N–H and O–H groups in total. The van der Waals surface area contributed by atoms with Crippen LogP contribution in [0.4, 0.5) is 0 Å². The van der Waals surface area contributed by atoms with Gasteiger partial charge in [0.25, 0.3) is 0 Å². The fourth-order valence-corrected chi connectivity index (χ4v) is 1.54. The van der Waals surface area contributed by atoms with Gasteiger partial charge < -0.3 is 5.11 Å². The zero-order valence-corrected chi connectivity index (χ0v) is 11.6. The Balaban J connectivity index is 0.000000360. The maximum atomic E-state index is 10.5. The average molecular weight is 270 g/mol. The molecule has 0 unspecified atom stereocenters. The Labute approximate surface area is 114 Å². The molecular weight excluding hydrogens is 252 g/mol. The van der Waals surface area contributed by atoms with E-state index in [0.29, 0.717) is 0 Å². The SMILES string of the molecule is CC(C)(C)C1=CC=CC1=C[O-].[Fe+2].c1cc[cH-]c1. The van der Waals surface area contributed by atoms with Crippen LogP contribution in [-0.4, -0.2) is 0 Å². The zero-order valence-electron chi connectivity index (χ0n) is 10.5. The molecule has 1 aromatic rings. The van der Waals surface area contributed by atoms with Crippen LogP contribution in [0.5, 0.6) is 0 Å². The number of hydrogen-bond donors (Lipinski definition) is 0. The van der Waals surface area contributed by atoms with Gasteiger partial charge in [-0.15, -0.1) is 6.26 Å². The number of allylic oxidation sites excluding steroid dienone is 5. The predicted molar refractivity (Wildman–Crippen MR) is 66.8 cm³/mol. The van der Waals surface area contributed by atoms with Crippen molar-refractivity contribution in [3.63, 3.8) is 0 Å². The van der Waals surface area contributed by atoms with E-state index in [4.69, 9.17) is 0 Å². The summed E-state index contributed by atoms with van der Waals surface area (Å²) < 4.78 is 0. The zero-order chi connectivity index (χ0) is 12.0. The summed E-state index contributed by atoms with van der Waals surface area (Å²) in [5, 5.41) is 10.5. The van der Waals surface area contributed by atoms with E-state index in [9.17, 15) is 5.11 Å². The molecule has 0 spiro atoms. The Morgan fingerprint density at radius 3 is 2.06 bits per heavy atom. The Morgan fingerprint density at radius 1 is 1.18 bits per heavy atom. The van der Waals surface area contributed by atoms with Gasteiger partial charge >= 0.3 is 17.1 Å². The van der Waals surface area contributed by atoms with Crippen molar-refractivity contribution in [3.05, 3.63) is 66.0 Å². The van der Waals surface area contributed by atoms with Crippen LogP contribution in [0.25, 0.3) is 0 Å². The van der Waals surface area contributed by atoms with Crippen molar-refractivity contribution in [2.24, 2.45) is 5.41 Å². The van der Waals surface area contributed by atoms with Crippen LogP contribution in [-0.2, 0) is 17.1 Å². The summed E-state index contributed by atoms with van der Waals surface area (Å²) >= 11 is 0. The first-order valence-electron chi connectivity index (χ1n) is 5.44. The first-order chi connectivity index (χ1) is 7.55. The minimum atomic E-state index is 0. The van der Waals surface area contributed by atoms with Crippen LogP contribution in [0, 0.1) is 5.41 Å². The fourth-order valence-electron chi connectivity index (χ4n) is 1.54. The van der Waals surface area contributed by atoms with Crippen LogP contribution in [0.3, 0.4) is 0 Å². The molecule has 17 heavy (non-hydrogen) atoms. The Kier molecular flexibility index (Phi) is 6.79. The Hall–Kier alpha value is -1.11. The van der Waals surface area contributed by atoms with Gasteiger partial charge in [-0.25, -0.2) is 12.1 Å². The van der Waals surface area contributed by atoms with E-state index in [2.05, 4.69) is 20.8 Å². The molecule has 0 bridgehead atoms. The molecule has 2 heteroatoms. The summed E-state index contributed by atoms with van der Waals surface area (Å²) in [6.45, 7) is 6.32. The predicted octanol–water partition coefficient (Wildman–Crippen LogP) is 3.18. The maximum Gasteiger partial charge on any atom is 2.00 e. The molecule has 1 aliphatic rings. The summed E-state index contributed by atoms with van der Waals surface area (Å²) in [4.78, 5) is 0. The smallest absolute Gasteiger partial charge is 0.877 e. The second kappa shape index (κ2) is 7.26. The molecular formula is C15H18FeO. The van der Waals surface area contributed by atoms with Crippen LogP contribution >= 0.6 is 0 Å². The standard InChI is InChI=1S/C10H14O.C5H5.Fe/c1-10(2,3)9-6-4-5-8(9)7-11;1-2-4-5-3-1;/h4-7,11H,1-3H3;1-5H;/q;-1;+2/p-1. The molecule has 0 saturated heterocycles. The fraction of sp³-hybridized carbons (Fsp3) is 0.267. The second-order valence-electron chi connectivity index (χ2n) is 4.72. The third-order valence-corrected chi connectivity index (χ3v) is 2.34. The molecule has 0 aliphatic heterocycles.